The number of para-hydroxylation sites is 1. The quantitative estimate of drug-likeness (QED) is 0.691. The Bertz CT molecular complexity index is 907. The molecule has 4 heteroatoms. The second-order valence-electron chi connectivity index (χ2n) is 6.88. The van der Waals surface area contributed by atoms with Gasteiger partial charge in [0.2, 0.25) is 5.95 Å². The second-order valence-corrected chi connectivity index (χ2v) is 6.88. The summed E-state index contributed by atoms with van der Waals surface area (Å²) in [5, 5.41) is 0. The smallest absolute Gasteiger partial charge is 0.231 e. The van der Waals surface area contributed by atoms with Crippen LogP contribution in [0.25, 0.3) is 0 Å². The summed E-state index contributed by atoms with van der Waals surface area (Å²) in [7, 11) is 2.02. The molecule has 3 aromatic rings. The largest absolute Gasteiger partial charge is 0.349 e. The van der Waals surface area contributed by atoms with E-state index in [1.807, 2.05) is 37.1 Å². The van der Waals surface area contributed by atoms with Crippen molar-refractivity contribution >= 4 is 17.5 Å². The number of hydrogen-bond acceptors (Lipinski definition) is 4. The van der Waals surface area contributed by atoms with Crippen LogP contribution in [0.4, 0.5) is 17.5 Å². The van der Waals surface area contributed by atoms with Crippen LogP contribution >= 0.6 is 0 Å². The number of hydrogen-bond donors (Lipinski definition) is 0. The third-order valence-corrected chi connectivity index (χ3v) is 5.16. The predicted molar refractivity (Wildman–Crippen MR) is 107 cm³/mol. The number of nitrogens with zero attached hydrogens (tertiary/aromatic N) is 4. The zero-order valence-electron chi connectivity index (χ0n) is 15.6. The molecule has 4 rings (SSSR count). The zero-order chi connectivity index (χ0) is 18.1. The minimum absolute atomic E-state index is 0.309. The first-order chi connectivity index (χ1) is 12.6. The van der Waals surface area contributed by atoms with Gasteiger partial charge >= 0.3 is 0 Å². The standard InChI is InChI=1S/C22H24N4/c1-16-15-21(24-22(23-16)25(3)19-10-5-4-6-11-19)26-14-13-18-9-7-8-12-20(18)17(26)2/h4-12,15,17H,13-14H2,1-3H3. The van der Waals surface area contributed by atoms with Crippen molar-refractivity contribution in [3.05, 3.63) is 77.5 Å². The van der Waals surface area contributed by atoms with E-state index in [2.05, 4.69) is 59.3 Å². The van der Waals surface area contributed by atoms with Gasteiger partial charge in [0, 0.05) is 31.0 Å². The van der Waals surface area contributed by atoms with E-state index in [1.54, 1.807) is 0 Å². The van der Waals surface area contributed by atoms with Gasteiger partial charge in [-0.2, -0.15) is 4.98 Å². The lowest BCUT2D eigenvalue weighted by Gasteiger charge is -2.36. The van der Waals surface area contributed by atoms with Crippen molar-refractivity contribution in [2.75, 3.05) is 23.4 Å². The highest BCUT2D eigenvalue weighted by molar-refractivity contribution is 5.59. The average Bonchev–Trinajstić information content (AvgIpc) is 2.68. The highest BCUT2D eigenvalue weighted by atomic mass is 15.3. The molecule has 1 aliphatic heterocycles. The summed E-state index contributed by atoms with van der Waals surface area (Å²) >= 11 is 0. The van der Waals surface area contributed by atoms with Crippen LogP contribution in [0.3, 0.4) is 0 Å². The van der Waals surface area contributed by atoms with E-state index in [0.717, 1.165) is 36.1 Å². The molecule has 1 unspecified atom stereocenters. The summed E-state index contributed by atoms with van der Waals surface area (Å²) in [6.45, 7) is 5.27. The maximum atomic E-state index is 4.90. The highest BCUT2D eigenvalue weighted by Gasteiger charge is 2.25. The summed E-state index contributed by atoms with van der Waals surface area (Å²) in [6, 6.07) is 21.4. The number of fused-ring (bicyclic) bond motifs is 1. The topological polar surface area (TPSA) is 32.3 Å². The highest BCUT2D eigenvalue weighted by Crippen LogP contribution is 2.33. The number of benzene rings is 2. The fourth-order valence-electron chi connectivity index (χ4n) is 3.69. The number of aromatic nitrogens is 2. The molecule has 0 spiro atoms. The van der Waals surface area contributed by atoms with Gasteiger partial charge in [-0.1, -0.05) is 42.5 Å². The molecule has 0 fully saturated rings. The average molecular weight is 344 g/mol. The van der Waals surface area contributed by atoms with Crippen molar-refractivity contribution in [2.24, 2.45) is 0 Å². The van der Waals surface area contributed by atoms with E-state index in [1.165, 1.54) is 11.1 Å². The van der Waals surface area contributed by atoms with Crippen molar-refractivity contribution in [2.45, 2.75) is 26.3 Å². The maximum Gasteiger partial charge on any atom is 0.231 e. The Morgan fingerprint density at radius 3 is 2.54 bits per heavy atom. The molecule has 26 heavy (non-hydrogen) atoms. The van der Waals surface area contributed by atoms with Crippen molar-refractivity contribution in [3.63, 3.8) is 0 Å². The summed E-state index contributed by atoms with van der Waals surface area (Å²) in [4.78, 5) is 14.0. The van der Waals surface area contributed by atoms with Gasteiger partial charge in [-0.3, -0.25) is 0 Å². The van der Waals surface area contributed by atoms with Gasteiger partial charge in [-0.25, -0.2) is 4.98 Å². The van der Waals surface area contributed by atoms with E-state index >= 15 is 0 Å². The maximum absolute atomic E-state index is 4.90. The van der Waals surface area contributed by atoms with Gasteiger partial charge in [0.25, 0.3) is 0 Å². The minimum Gasteiger partial charge on any atom is -0.349 e. The van der Waals surface area contributed by atoms with Crippen molar-refractivity contribution in [3.8, 4) is 0 Å². The molecule has 0 saturated heterocycles. The monoisotopic (exact) mass is 344 g/mol. The number of rotatable bonds is 3. The fourth-order valence-corrected chi connectivity index (χ4v) is 3.69. The molecule has 1 aliphatic rings. The predicted octanol–water partition coefficient (Wildman–Crippen LogP) is 4.68. The molecule has 0 aliphatic carbocycles. The van der Waals surface area contributed by atoms with Crippen LogP contribution in [0.2, 0.25) is 0 Å². The third-order valence-electron chi connectivity index (χ3n) is 5.16. The van der Waals surface area contributed by atoms with Crippen LogP contribution in [-0.4, -0.2) is 23.6 Å². The Morgan fingerprint density at radius 1 is 1.00 bits per heavy atom. The first kappa shape index (κ1) is 16.6. The summed E-state index contributed by atoms with van der Waals surface area (Å²) in [5.41, 5.74) is 4.91. The summed E-state index contributed by atoms with van der Waals surface area (Å²) in [6.07, 6.45) is 1.05. The van der Waals surface area contributed by atoms with E-state index in [9.17, 15) is 0 Å². The molecule has 0 bridgehead atoms. The van der Waals surface area contributed by atoms with E-state index < -0.39 is 0 Å². The zero-order valence-corrected chi connectivity index (χ0v) is 15.6. The summed E-state index contributed by atoms with van der Waals surface area (Å²) < 4.78 is 0. The number of aryl methyl sites for hydroxylation is 1. The SMILES string of the molecule is Cc1cc(N2CCc3ccccc3C2C)nc(N(C)c2ccccc2)n1. The minimum atomic E-state index is 0.309. The molecule has 0 saturated carbocycles. The first-order valence-electron chi connectivity index (χ1n) is 9.12. The molecular formula is C22H24N4. The van der Waals surface area contributed by atoms with Crippen LogP contribution in [-0.2, 0) is 6.42 Å². The molecule has 0 radical (unpaired) electrons. The van der Waals surface area contributed by atoms with E-state index in [0.29, 0.717) is 6.04 Å². The van der Waals surface area contributed by atoms with Crippen molar-refractivity contribution < 1.29 is 0 Å². The van der Waals surface area contributed by atoms with Gasteiger partial charge in [-0.15, -0.1) is 0 Å². The van der Waals surface area contributed by atoms with Crippen LogP contribution < -0.4 is 9.80 Å². The van der Waals surface area contributed by atoms with Crippen molar-refractivity contribution in [1.82, 2.24) is 9.97 Å². The lowest BCUT2D eigenvalue weighted by Crippen LogP contribution is -2.35. The molecule has 4 nitrogen and oxygen atoms in total. The van der Waals surface area contributed by atoms with Gasteiger partial charge in [0.05, 0.1) is 6.04 Å². The lowest BCUT2D eigenvalue weighted by atomic mass is 9.93. The Kier molecular flexibility index (Phi) is 4.33. The van der Waals surface area contributed by atoms with E-state index in [-0.39, 0.29) is 0 Å². The molecular weight excluding hydrogens is 320 g/mol. The second kappa shape index (κ2) is 6.79. The molecule has 2 heterocycles. The molecule has 1 aromatic heterocycles. The van der Waals surface area contributed by atoms with E-state index in [4.69, 9.17) is 4.98 Å². The molecule has 1 atom stereocenters. The normalized spacial score (nSPS) is 16.3. The third kappa shape index (κ3) is 3.03. The van der Waals surface area contributed by atoms with Crippen molar-refractivity contribution in [1.29, 1.82) is 0 Å². The number of anilines is 3. The van der Waals surface area contributed by atoms with Gasteiger partial charge in [0.1, 0.15) is 5.82 Å². The lowest BCUT2D eigenvalue weighted by molar-refractivity contribution is 0.616. The first-order valence-corrected chi connectivity index (χ1v) is 9.12. The Morgan fingerprint density at radius 2 is 1.73 bits per heavy atom. The fraction of sp³-hybridized carbons (Fsp3) is 0.273. The Balaban J connectivity index is 1.69. The summed E-state index contributed by atoms with van der Waals surface area (Å²) in [5.74, 6) is 1.73. The van der Waals surface area contributed by atoms with Gasteiger partial charge < -0.3 is 9.80 Å². The Labute approximate surface area is 155 Å². The van der Waals surface area contributed by atoms with Crippen LogP contribution in [0, 0.1) is 6.92 Å². The van der Waals surface area contributed by atoms with Crippen LogP contribution in [0.1, 0.15) is 29.8 Å². The van der Waals surface area contributed by atoms with Gasteiger partial charge in [-0.05, 0) is 43.5 Å². The molecule has 2 aromatic carbocycles. The molecule has 0 amide bonds. The Hall–Kier alpha value is -2.88. The van der Waals surface area contributed by atoms with Crippen LogP contribution in [0.15, 0.2) is 60.7 Å². The van der Waals surface area contributed by atoms with Crippen LogP contribution in [0.5, 0.6) is 0 Å². The van der Waals surface area contributed by atoms with Gasteiger partial charge in [0.15, 0.2) is 0 Å². The molecule has 0 N–H and O–H groups in total. The molecule has 132 valence electrons.